The van der Waals surface area contributed by atoms with E-state index in [-0.39, 0.29) is 17.5 Å². The van der Waals surface area contributed by atoms with Crippen LogP contribution in [0.15, 0.2) is 41.5 Å². The van der Waals surface area contributed by atoms with Crippen molar-refractivity contribution in [1.82, 2.24) is 20.2 Å². The van der Waals surface area contributed by atoms with E-state index in [1.54, 1.807) is 29.3 Å². The van der Waals surface area contributed by atoms with Crippen LogP contribution < -0.4 is 5.32 Å². The highest BCUT2D eigenvalue weighted by Crippen LogP contribution is 2.40. The van der Waals surface area contributed by atoms with E-state index in [1.165, 1.54) is 12.7 Å². The summed E-state index contributed by atoms with van der Waals surface area (Å²) in [6.07, 6.45) is 4.60. The fraction of sp³-hybridized carbons (Fsp3) is 0.500. The molecule has 0 unspecified atom stereocenters. The highest BCUT2D eigenvalue weighted by molar-refractivity contribution is 5.93. The molecule has 2 N–H and O–H groups in total. The van der Waals surface area contributed by atoms with Crippen molar-refractivity contribution in [1.29, 1.82) is 0 Å². The lowest BCUT2D eigenvalue weighted by atomic mass is 9.73. The van der Waals surface area contributed by atoms with Crippen molar-refractivity contribution in [2.75, 3.05) is 19.7 Å². The zero-order valence-corrected chi connectivity index (χ0v) is 16.2. The number of hydrogen-bond donors (Lipinski definition) is 2. The van der Waals surface area contributed by atoms with Gasteiger partial charge >= 0.3 is 0 Å². The van der Waals surface area contributed by atoms with Gasteiger partial charge in [-0.1, -0.05) is 6.07 Å². The quantitative estimate of drug-likeness (QED) is 0.790. The molecule has 9 heteroatoms. The molecule has 2 saturated heterocycles. The van der Waals surface area contributed by atoms with Crippen molar-refractivity contribution < 1.29 is 23.8 Å². The molecule has 0 aliphatic carbocycles. The lowest BCUT2D eigenvalue weighted by molar-refractivity contribution is -0.203. The Morgan fingerprint density at radius 2 is 2.00 bits per heavy atom. The van der Waals surface area contributed by atoms with Crippen LogP contribution >= 0.6 is 0 Å². The van der Waals surface area contributed by atoms with E-state index in [1.807, 2.05) is 6.92 Å². The second kappa shape index (κ2) is 7.57. The van der Waals surface area contributed by atoms with E-state index < -0.39 is 17.2 Å². The van der Waals surface area contributed by atoms with Gasteiger partial charge in [0.15, 0.2) is 12.1 Å². The van der Waals surface area contributed by atoms with Crippen molar-refractivity contribution in [2.45, 2.75) is 43.4 Å². The third kappa shape index (κ3) is 3.63. The number of aliphatic hydroxyl groups excluding tert-OH is 1. The minimum atomic E-state index is -0.916. The molecule has 4 rings (SSSR count). The normalized spacial score (nSPS) is 26.3. The van der Waals surface area contributed by atoms with Crippen molar-refractivity contribution in [2.24, 2.45) is 0 Å². The summed E-state index contributed by atoms with van der Waals surface area (Å²) >= 11 is 0. The summed E-state index contributed by atoms with van der Waals surface area (Å²) in [7, 11) is 0. The number of nitrogens with zero attached hydrogens (tertiary/aromatic N) is 3. The highest BCUT2D eigenvalue weighted by Gasteiger charge is 2.54. The Labute approximate surface area is 168 Å². The molecule has 0 saturated carbocycles. The molecular formula is C20H24N4O5. The molecule has 29 heavy (non-hydrogen) atoms. The molecule has 9 nitrogen and oxygen atoms in total. The first kappa shape index (κ1) is 19.5. The maximum Gasteiger partial charge on any atom is 0.275 e. The SMILES string of the molecule is C[C@]1(NC(=O)c2ccccn2)CCOC2(CCN(C(=O)c3cocn3)CC2)[C@@H]1O. The Morgan fingerprint density at radius 3 is 2.66 bits per heavy atom. The summed E-state index contributed by atoms with van der Waals surface area (Å²) < 4.78 is 10.9. The number of ether oxygens (including phenoxy) is 1. The van der Waals surface area contributed by atoms with Gasteiger partial charge in [-0.25, -0.2) is 4.98 Å². The van der Waals surface area contributed by atoms with Crippen molar-refractivity contribution in [3.05, 3.63) is 48.4 Å². The van der Waals surface area contributed by atoms with Crippen molar-refractivity contribution in [3.8, 4) is 0 Å². The number of oxazole rings is 1. The maximum atomic E-state index is 12.6. The van der Waals surface area contributed by atoms with Gasteiger partial charge in [-0.2, -0.15) is 0 Å². The smallest absolute Gasteiger partial charge is 0.275 e. The number of aliphatic hydroxyl groups is 1. The van der Waals surface area contributed by atoms with E-state index in [0.717, 1.165) is 0 Å². The van der Waals surface area contributed by atoms with E-state index in [9.17, 15) is 14.7 Å². The Bertz CT molecular complexity index is 864. The van der Waals surface area contributed by atoms with Gasteiger partial charge in [-0.15, -0.1) is 0 Å². The number of aromatic nitrogens is 2. The molecular weight excluding hydrogens is 376 g/mol. The standard InChI is InChI=1S/C20H24N4O5/c1-19(23-16(25)14-4-2-3-8-21-14)7-11-29-20(18(19)27)5-9-24(10-6-20)17(26)15-12-28-13-22-15/h2-4,8,12-13,18,27H,5-7,9-11H2,1H3,(H,23,25)/t18-,19+/m1/s1. The molecule has 2 amide bonds. The molecule has 2 atom stereocenters. The molecule has 2 aliphatic rings. The average Bonchev–Trinajstić information content (AvgIpc) is 3.28. The van der Waals surface area contributed by atoms with Crippen LogP contribution in [0.1, 0.15) is 47.2 Å². The van der Waals surface area contributed by atoms with Gasteiger partial charge < -0.3 is 24.5 Å². The summed E-state index contributed by atoms with van der Waals surface area (Å²) in [5, 5.41) is 14.2. The molecule has 1 spiro atoms. The molecule has 2 fully saturated rings. The van der Waals surface area contributed by atoms with Crippen LogP contribution in [0.4, 0.5) is 0 Å². The van der Waals surface area contributed by atoms with Crippen LogP contribution in [0.2, 0.25) is 0 Å². The van der Waals surface area contributed by atoms with Gasteiger partial charge in [0.1, 0.15) is 18.1 Å². The largest absolute Gasteiger partial charge is 0.451 e. The fourth-order valence-electron chi connectivity index (χ4n) is 4.20. The van der Waals surface area contributed by atoms with Gasteiger partial charge in [-0.3, -0.25) is 14.6 Å². The Hall–Kier alpha value is -2.78. The van der Waals surface area contributed by atoms with Crippen LogP contribution in [-0.4, -0.2) is 68.7 Å². The summed E-state index contributed by atoms with van der Waals surface area (Å²) in [5.74, 6) is -0.534. The predicted molar refractivity (Wildman–Crippen MR) is 101 cm³/mol. The second-order valence-electron chi connectivity index (χ2n) is 7.82. The first-order chi connectivity index (χ1) is 13.9. The van der Waals surface area contributed by atoms with Crippen LogP contribution in [0, 0.1) is 0 Å². The summed E-state index contributed by atoms with van der Waals surface area (Å²) in [5.41, 5.74) is -1.11. The van der Waals surface area contributed by atoms with Crippen molar-refractivity contribution >= 4 is 11.8 Å². The van der Waals surface area contributed by atoms with Crippen LogP contribution in [0.3, 0.4) is 0 Å². The average molecular weight is 400 g/mol. The summed E-state index contributed by atoms with van der Waals surface area (Å²) in [4.78, 5) is 34.7. The minimum Gasteiger partial charge on any atom is -0.451 e. The number of likely N-dealkylation sites (tertiary alicyclic amines) is 1. The number of amides is 2. The van der Waals surface area contributed by atoms with Gasteiger partial charge in [0, 0.05) is 25.9 Å². The number of piperidine rings is 1. The van der Waals surface area contributed by atoms with Crippen LogP contribution in [0.5, 0.6) is 0 Å². The van der Waals surface area contributed by atoms with Gasteiger partial charge in [0.25, 0.3) is 11.8 Å². The lowest BCUT2D eigenvalue weighted by Gasteiger charge is -2.53. The zero-order chi connectivity index (χ0) is 20.5. The molecule has 2 aliphatic heterocycles. The first-order valence-electron chi connectivity index (χ1n) is 9.67. The second-order valence-corrected chi connectivity index (χ2v) is 7.82. The molecule has 2 aromatic heterocycles. The molecule has 154 valence electrons. The molecule has 0 radical (unpaired) electrons. The van der Waals surface area contributed by atoms with Crippen LogP contribution in [-0.2, 0) is 4.74 Å². The highest BCUT2D eigenvalue weighted by atomic mass is 16.5. The van der Waals surface area contributed by atoms with Gasteiger partial charge in [0.05, 0.1) is 11.1 Å². The Balaban J connectivity index is 1.45. The van der Waals surface area contributed by atoms with E-state index in [2.05, 4.69) is 15.3 Å². The third-order valence-electron chi connectivity index (χ3n) is 5.96. The number of carbonyl (C=O) groups excluding carboxylic acids is 2. The van der Waals surface area contributed by atoms with E-state index in [4.69, 9.17) is 9.15 Å². The third-order valence-corrected chi connectivity index (χ3v) is 5.96. The Morgan fingerprint density at radius 1 is 1.21 bits per heavy atom. The molecule has 4 heterocycles. The zero-order valence-electron chi connectivity index (χ0n) is 16.2. The molecule has 0 bridgehead atoms. The summed E-state index contributed by atoms with van der Waals surface area (Å²) in [6, 6.07) is 5.12. The topological polar surface area (TPSA) is 118 Å². The number of pyridine rings is 1. The monoisotopic (exact) mass is 400 g/mol. The predicted octanol–water partition coefficient (Wildman–Crippen LogP) is 1.01. The number of rotatable bonds is 3. The van der Waals surface area contributed by atoms with Crippen LogP contribution in [0.25, 0.3) is 0 Å². The van der Waals surface area contributed by atoms with E-state index >= 15 is 0 Å². The summed E-state index contributed by atoms with van der Waals surface area (Å²) in [6.45, 7) is 3.09. The lowest BCUT2D eigenvalue weighted by Crippen LogP contribution is -2.69. The van der Waals surface area contributed by atoms with Gasteiger partial charge in [-0.05, 0) is 38.3 Å². The maximum absolute atomic E-state index is 12.6. The molecule has 0 aromatic carbocycles. The molecule has 2 aromatic rings. The van der Waals surface area contributed by atoms with Gasteiger partial charge in [0.2, 0.25) is 0 Å². The number of nitrogens with one attached hydrogen (secondary N) is 1. The van der Waals surface area contributed by atoms with E-state index in [0.29, 0.717) is 44.7 Å². The number of hydrogen-bond acceptors (Lipinski definition) is 7. The number of carbonyl (C=O) groups is 2. The first-order valence-corrected chi connectivity index (χ1v) is 9.67. The minimum absolute atomic E-state index is 0.204. The fourth-order valence-corrected chi connectivity index (χ4v) is 4.20. The van der Waals surface area contributed by atoms with Crippen molar-refractivity contribution in [3.63, 3.8) is 0 Å². The Kier molecular flexibility index (Phi) is 5.10.